The van der Waals surface area contributed by atoms with Gasteiger partial charge in [0.25, 0.3) is 0 Å². The van der Waals surface area contributed by atoms with Crippen molar-refractivity contribution in [2.45, 2.75) is 368 Å². The summed E-state index contributed by atoms with van der Waals surface area (Å²) in [5, 5.41) is 10.6. The van der Waals surface area contributed by atoms with Crippen LogP contribution in [-0.4, -0.2) is 96.7 Å². The van der Waals surface area contributed by atoms with E-state index in [1.165, 1.54) is 141 Å². The van der Waals surface area contributed by atoms with Gasteiger partial charge in [-0.15, -0.1) is 0 Å². The molecule has 0 saturated carbocycles. The fourth-order valence-corrected chi connectivity index (χ4v) is 12.1. The number of hydrogen-bond acceptors (Lipinski definition) is 15. The van der Waals surface area contributed by atoms with Crippen LogP contribution in [0.1, 0.15) is 350 Å². The number of esters is 4. The first kappa shape index (κ1) is 89.5. The summed E-state index contributed by atoms with van der Waals surface area (Å²) in [7, 11) is -9.91. The van der Waals surface area contributed by atoms with E-state index in [0.717, 1.165) is 127 Å². The number of carbonyl (C=O) groups is 4. The third-order valence-corrected chi connectivity index (χ3v) is 18.6. The van der Waals surface area contributed by atoms with Crippen LogP contribution in [0.5, 0.6) is 0 Å². The number of phosphoric ester groups is 2. The maximum atomic E-state index is 13.0. The van der Waals surface area contributed by atoms with E-state index < -0.39 is 97.5 Å². The van der Waals surface area contributed by atoms with Crippen LogP contribution in [0.2, 0.25) is 0 Å². The van der Waals surface area contributed by atoms with Gasteiger partial charge in [0.05, 0.1) is 26.4 Å². The molecule has 0 aliphatic rings. The van der Waals surface area contributed by atoms with E-state index in [1.54, 1.807) is 0 Å². The summed E-state index contributed by atoms with van der Waals surface area (Å²) in [5.74, 6) is -0.559. The lowest BCUT2D eigenvalue weighted by molar-refractivity contribution is -0.161. The first-order valence-electron chi connectivity index (χ1n) is 37.3. The van der Waals surface area contributed by atoms with Gasteiger partial charge >= 0.3 is 39.5 Å². The first-order chi connectivity index (χ1) is 44.4. The molecule has 0 aliphatic heterocycles. The van der Waals surface area contributed by atoms with Gasteiger partial charge in [-0.05, 0) is 63.2 Å². The Morgan fingerprint density at radius 2 is 0.641 bits per heavy atom. The van der Waals surface area contributed by atoms with Crippen molar-refractivity contribution in [2.75, 3.05) is 39.6 Å². The monoisotopic (exact) mass is 1350 g/mol. The number of ether oxygens (including phenoxy) is 4. The third kappa shape index (κ3) is 64.9. The standard InChI is InChI=1S/C73H138O17P2/c1-7-10-12-14-15-16-17-18-20-24-27-33-38-44-50-56-71(76)84-62-69(90-73(78)57-51-45-39-34-28-25-22-19-21-23-26-31-36-42-47-53-65(4)5)64-88-92(81,82)86-60-67(74)59-85-91(79,80)87-63-68(61-83-70(75)55-49-41-13-11-8-2)89-72(77)58-52-46-40-35-30-29-32-37-43-48-54-66(6)9-3/h16-18,20,65-69,74H,7-15,19,21-64H2,1-6H3,(H,79,80)(H,81,82)/b17-16-,20-18-/t66?,67-,68+,69+/m0/s1. The summed E-state index contributed by atoms with van der Waals surface area (Å²) in [6, 6.07) is 0. The van der Waals surface area contributed by atoms with Crippen molar-refractivity contribution in [3.05, 3.63) is 24.3 Å². The molecule has 3 N–H and O–H groups in total. The van der Waals surface area contributed by atoms with Crippen molar-refractivity contribution in [2.24, 2.45) is 11.8 Å². The molecule has 0 saturated heterocycles. The SMILES string of the molecule is CCCCCC/C=C\C=C/CCCCCCCC(=O)OC[C@H](COP(=O)(O)OC[C@@H](O)COP(=O)(O)OC[C@@H](COC(=O)CCCCCCC)OC(=O)CCCCCCCCCCCCC(C)CC)OC(=O)CCCCCCCCCCCCCCCCCC(C)C. The van der Waals surface area contributed by atoms with Crippen molar-refractivity contribution in [3.63, 3.8) is 0 Å². The molecule has 0 amide bonds. The Morgan fingerprint density at radius 3 is 0.978 bits per heavy atom. The average molecular weight is 1350 g/mol. The molecule has 542 valence electrons. The Bertz CT molecular complexity index is 1880. The van der Waals surface area contributed by atoms with Gasteiger partial charge in [-0.2, -0.15) is 0 Å². The molecule has 19 heteroatoms. The van der Waals surface area contributed by atoms with E-state index in [2.05, 4.69) is 65.8 Å². The summed E-state index contributed by atoms with van der Waals surface area (Å²) in [5.41, 5.74) is 0. The Hall–Kier alpha value is -2.46. The van der Waals surface area contributed by atoms with Crippen LogP contribution in [0.3, 0.4) is 0 Å². The lowest BCUT2D eigenvalue weighted by Gasteiger charge is -2.21. The average Bonchev–Trinajstić information content (AvgIpc) is 2.33. The fraction of sp³-hybridized carbons (Fsp3) is 0.890. The van der Waals surface area contributed by atoms with Crippen LogP contribution >= 0.6 is 15.6 Å². The van der Waals surface area contributed by atoms with Gasteiger partial charge in [0, 0.05) is 25.7 Å². The summed E-state index contributed by atoms with van der Waals surface area (Å²) < 4.78 is 68.2. The molecule has 6 atom stereocenters. The summed E-state index contributed by atoms with van der Waals surface area (Å²) in [6.07, 6.45) is 53.8. The van der Waals surface area contributed by atoms with Crippen LogP contribution in [0.15, 0.2) is 24.3 Å². The molecule has 92 heavy (non-hydrogen) atoms. The van der Waals surface area contributed by atoms with Crippen molar-refractivity contribution < 1.29 is 80.2 Å². The minimum Gasteiger partial charge on any atom is -0.462 e. The van der Waals surface area contributed by atoms with Crippen LogP contribution in [-0.2, 0) is 65.4 Å². The largest absolute Gasteiger partial charge is 0.472 e. The number of phosphoric acid groups is 2. The minimum absolute atomic E-state index is 0.101. The highest BCUT2D eigenvalue weighted by Gasteiger charge is 2.30. The summed E-state index contributed by atoms with van der Waals surface area (Å²) in [4.78, 5) is 72.4. The normalized spacial score (nSPS) is 14.5. The molecular formula is C73H138O17P2. The molecule has 0 heterocycles. The highest BCUT2D eigenvalue weighted by atomic mass is 31.2. The lowest BCUT2D eigenvalue weighted by atomic mass is 9.99. The zero-order valence-electron chi connectivity index (χ0n) is 59.3. The molecule has 0 aromatic rings. The molecule has 0 fully saturated rings. The fourth-order valence-electron chi connectivity index (χ4n) is 10.5. The number of aliphatic hydroxyl groups excluding tert-OH is 1. The second-order valence-electron chi connectivity index (χ2n) is 26.4. The van der Waals surface area contributed by atoms with Gasteiger partial charge in [0.15, 0.2) is 12.2 Å². The molecule has 0 aromatic carbocycles. The zero-order valence-corrected chi connectivity index (χ0v) is 61.1. The maximum Gasteiger partial charge on any atom is 0.472 e. The highest BCUT2D eigenvalue weighted by Crippen LogP contribution is 2.45. The van der Waals surface area contributed by atoms with Crippen molar-refractivity contribution in [1.82, 2.24) is 0 Å². The molecule has 0 aromatic heterocycles. The minimum atomic E-state index is -4.96. The van der Waals surface area contributed by atoms with Gasteiger partial charge < -0.3 is 33.8 Å². The van der Waals surface area contributed by atoms with Gasteiger partial charge in [-0.25, -0.2) is 9.13 Å². The second kappa shape index (κ2) is 64.5. The molecule has 17 nitrogen and oxygen atoms in total. The van der Waals surface area contributed by atoms with Gasteiger partial charge in [-0.1, -0.05) is 297 Å². The predicted molar refractivity (Wildman–Crippen MR) is 372 cm³/mol. The van der Waals surface area contributed by atoms with E-state index in [-0.39, 0.29) is 25.7 Å². The highest BCUT2D eigenvalue weighted by molar-refractivity contribution is 7.47. The number of carbonyl (C=O) groups excluding carboxylic acids is 4. The van der Waals surface area contributed by atoms with Crippen molar-refractivity contribution in [1.29, 1.82) is 0 Å². The van der Waals surface area contributed by atoms with Gasteiger partial charge in [0.1, 0.15) is 19.3 Å². The van der Waals surface area contributed by atoms with Crippen LogP contribution in [0.25, 0.3) is 0 Å². The van der Waals surface area contributed by atoms with Crippen molar-refractivity contribution >= 4 is 39.5 Å². The number of unbranched alkanes of at least 4 members (excludes halogenated alkanes) is 36. The van der Waals surface area contributed by atoms with Crippen LogP contribution < -0.4 is 0 Å². The smallest absolute Gasteiger partial charge is 0.462 e. The zero-order chi connectivity index (χ0) is 67.9. The number of hydrogen-bond donors (Lipinski definition) is 3. The lowest BCUT2D eigenvalue weighted by Crippen LogP contribution is -2.30. The number of rotatable bonds is 70. The topological polar surface area (TPSA) is 237 Å². The number of allylic oxidation sites excluding steroid dienone is 4. The molecule has 0 spiro atoms. The molecule has 0 radical (unpaired) electrons. The maximum absolute atomic E-state index is 13.0. The van der Waals surface area contributed by atoms with Crippen molar-refractivity contribution in [3.8, 4) is 0 Å². The van der Waals surface area contributed by atoms with E-state index in [0.29, 0.717) is 25.7 Å². The Kier molecular flexibility index (Phi) is 62.8. The molecule has 3 unspecified atom stereocenters. The van der Waals surface area contributed by atoms with Crippen LogP contribution in [0.4, 0.5) is 0 Å². The second-order valence-corrected chi connectivity index (χ2v) is 29.3. The molecule has 0 aliphatic carbocycles. The molecular weight excluding hydrogens is 1210 g/mol. The van der Waals surface area contributed by atoms with Crippen LogP contribution in [0, 0.1) is 11.8 Å². The quantitative estimate of drug-likeness (QED) is 0.0169. The predicted octanol–water partition coefficient (Wildman–Crippen LogP) is 20.7. The van der Waals surface area contributed by atoms with E-state index in [1.807, 2.05) is 0 Å². The summed E-state index contributed by atoms with van der Waals surface area (Å²) >= 11 is 0. The van der Waals surface area contributed by atoms with E-state index in [4.69, 9.17) is 37.0 Å². The Balaban J connectivity index is 5.19. The molecule has 0 bridgehead atoms. The Labute approximate surface area is 561 Å². The Morgan fingerprint density at radius 1 is 0.359 bits per heavy atom. The van der Waals surface area contributed by atoms with E-state index >= 15 is 0 Å². The van der Waals surface area contributed by atoms with Gasteiger partial charge in [0.2, 0.25) is 0 Å². The number of aliphatic hydroxyl groups is 1. The summed E-state index contributed by atoms with van der Waals surface area (Å²) in [6.45, 7) is 9.46. The first-order valence-corrected chi connectivity index (χ1v) is 40.3. The molecule has 0 rings (SSSR count). The van der Waals surface area contributed by atoms with Gasteiger partial charge in [-0.3, -0.25) is 37.3 Å². The van der Waals surface area contributed by atoms with E-state index in [9.17, 15) is 43.2 Å². The third-order valence-electron chi connectivity index (χ3n) is 16.7.